The van der Waals surface area contributed by atoms with Crippen molar-refractivity contribution in [3.8, 4) is 0 Å². The first-order valence-electron chi connectivity index (χ1n) is 5.75. The van der Waals surface area contributed by atoms with Crippen LogP contribution in [-0.4, -0.2) is 37.1 Å². The van der Waals surface area contributed by atoms with Gasteiger partial charge in [0.25, 0.3) is 0 Å². The summed E-state index contributed by atoms with van der Waals surface area (Å²) in [7, 11) is 1.43. The summed E-state index contributed by atoms with van der Waals surface area (Å²) in [5, 5.41) is 0. The highest BCUT2D eigenvalue weighted by atomic mass is 16.5. The second kappa shape index (κ2) is 6.62. The number of carbonyl (C=O) groups excluding carboxylic acids is 1. The van der Waals surface area contributed by atoms with Crippen LogP contribution in [0, 0.1) is 0 Å². The molecule has 86 valence electrons. The zero-order valence-electron chi connectivity index (χ0n) is 9.74. The van der Waals surface area contributed by atoms with Gasteiger partial charge in [0, 0.05) is 6.04 Å². The molecule has 0 aromatic carbocycles. The standard InChI is InChI=1S/C12H21NO2/c1-3-13-10-5-4-7-11(13)8-6-9-12(14)15-2/h6,8,11H,3-5,7,9-10H2,1-2H3/b8-6-. The van der Waals surface area contributed by atoms with Crippen LogP contribution < -0.4 is 0 Å². The summed E-state index contributed by atoms with van der Waals surface area (Å²) in [5.74, 6) is -0.162. The van der Waals surface area contributed by atoms with Crippen molar-refractivity contribution in [3.63, 3.8) is 0 Å². The molecule has 0 saturated carbocycles. The molecule has 3 nitrogen and oxygen atoms in total. The summed E-state index contributed by atoms with van der Waals surface area (Å²) in [6.45, 7) is 4.46. The van der Waals surface area contributed by atoms with Crippen molar-refractivity contribution < 1.29 is 9.53 Å². The number of nitrogens with zero attached hydrogens (tertiary/aromatic N) is 1. The van der Waals surface area contributed by atoms with Gasteiger partial charge >= 0.3 is 5.97 Å². The van der Waals surface area contributed by atoms with Crippen molar-refractivity contribution in [1.82, 2.24) is 4.90 Å². The van der Waals surface area contributed by atoms with Crippen LogP contribution in [0.5, 0.6) is 0 Å². The van der Waals surface area contributed by atoms with Crippen molar-refractivity contribution in [2.24, 2.45) is 0 Å². The first-order chi connectivity index (χ1) is 7.27. The fourth-order valence-corrected chi connectivity index (χ4v) is 2.03. The largest absolute Gasteiger partial charge is 0.469 e. The quantitative estimate of drug-likeness (QED) is 0.526. The maximum Gasteiger partial charge on any atom is 0.309 e. The molecule has 0 aromatic rings. The van der Waals surface area contributed by atoms with Gasteiger partial charge < -0.3 is 4.74 Å². The van der Waals surface area contributed by atoms with Gasteiger partial charge in [0.1, 0.15) is 0 Å². The number of esters is 1. The predicted molar refractivity (Wildman–Crippen MR) is 60.7 cm³/mol. The Hall–Kier alpha value is -0.830. The summed E-state index contributed by atoms with van der Waals surface area (Å²) in [5.41, 5.74) is 0. The van der Waals surface area contributed by atoms with E-state index in [-0.39, 0.29) is 5.97 Å². The van der Waals surface area contributed by atoms with Crippen LogP contribution in [0.15, 0.2) is 12.2 Å². The number of ether oxygens (including phenoxy) is 1. The molecule has 1 heterocycles. The average molecular weight is 211 g/mol. The van der Waals surface area contributed by atoms with E-state index in [0.29, 0.717) is 12.5 Å². The van der Waals surface area contributed by atoms with Crippen LogP contribution in [0.2, 0.25) is 0 Å². The second-order valence-electron chi connectivity index (χ2n) is 3.90. The van der Waals surface area contributed by atoms with E-state index in [2.05, 4.69) is 22.6 Å². The molecule has 1 rings (SSSR count). The SMILES string of the molecule is CCN1CCCCC1/C=C\CC(=O)OC. The van der Waals surface area contributed by atoms with Gasteiger partial charge in [-0.15, -0.1) is 0 Å². The molecule has 1 fully saturated rings. The number of rotatable bonds is 4. The van der Waals surface area contributed by atoms with Gasteiger partial charge in [-0.05, 0) is 25.9 Å². The molecule has 1 aliphatic rings. The lowest BCUT2D eigenvalue weighted by Crippen LogP contribution is -2.37. The molecule has 0 aliphatic carbocycles. The van der Waals surface area contributed by atoms with Gasteiger partial charge in [0.2, 0.25) is 0 Å². The number of hydrogen-bond acceptors (Lipinski definition) is 3. The van der Waals surface area contributed by atoms with Crippen LogP contribution >= 0.6 is 0 Å². The Labute approximate surface area is 92.1 Å². The van der Waals surface area contributed by atoms with Crippen LogP contribution in [0.25, 0.3) is 0 Å². The normalized spacial score (nSPS) is 23.2. The number of carbonyl (C=O) groups is 1. The van der Waals surface area contributed by atoms with Gasteiger partial charge in [-0.3, -0.25) is 9.69 Å². The summed E-state index contributed by atoms with van der Waals surface area (Å²) in [6, 6.07) is 0.522. The number of hydrogen-bond donors (Lipinski definition) is 0. The van der Waals surface area contributed by atoms with E-state index in [1.54, 1.807) is 0 Å². The average Bonchev–Trinajstić information content (AvgIpc) is 2.29. The second-order valence-corrected chi connectivity index (χ2v) is 3.90. The number of likely N-dealkylation sites (tertiary alicyclic amines) is 1. The monoisotopic (exact) mass is 211 g/mol. The zero-order valence-corrected chi connectivity index (χ0v) is 9.74. The molecule has 3 heteroatoms. The smallest absolute Gasteiger partial charge is 0.309 e. The van der Waals surface area contributed by atoms with Crippen LogP contribution in [0.3, 0.4) is 0 Å². The summed E-state index contributed by atoms with van der Waals surface area (Å²) in [6.07, 6.45) is 8.29. The summed E-state index contributed by atoms with van der Waals surface area (Å²) >= 11 is 0. The van der Waals surface area contributed by atoms with E-state index in [0.717, 1.165) is 6.54 Å². The van der Waals surface area contributed by atoms with Gasteiger partial charge in [0.15, 0.2) is 0 Å². The molecule has 0 aromatic heterocycles. The number of methoxy groups -OCH3 is 1. The Morgan fingerprint density at radius 1 is 1.53 bits per heavy atom. The third kappa shape index (κ3) is 4.04. The van der Waals surface area contributed by atoms with Crippen molar-refractivity contribution in [1.29, 1.82) is 0 Å². The Kier molecular flexibility index (Phi) is 5.40. The highest BCUT2D eigenvalue weighted by Gasteiger charge is 2.17. The van der Waals surface area contributed by atoms with Gasteiger partial charge in [-0.2, -0.15) is 0 Å². The minimum atomic E-state index is -0.162. The lowest BCUT2D eigenvalue weighted by Gasteiger charge is -2.32. The molecule has 0 bridgehead atoms. The highest BCUT2D eigenvalue weighted by molar-refractivity contribution is 5.70. The van der Waals surface area contributed by atoms with E-state index in [1.807, 2.05) is 6.08 Å². The minimum Gasteiger partial charge on any atom is -0.469 e. The molecule has 1 unspecified atom stereocenters. The van der Waals surface area contributed by atoms with Crippen LogP contribution in [-0.2, 0) is 9.53 Å². The Bertz CT molecular complexity index is 226. The van der Waals surface area contributed by atoms with Gasteiger partial charge in [-0.1, -0.05) is 25.5 Å². The van der Waals surface area contributed by atoms with Crippen LogP contribution in [0.1, 0.15) is 32.6 Å². The van der Waals surface area contributed by atoms with E-state index >= 15 is 0 Å². The zero-order chi connectivity index (χ0) is 11.1. The van der Waals surface area contributed by atoms with Crippen molar-refractivity contribution in [2.45, 2.75) is 38.6 Å². The molecule has 1 saturated heterocycles. The maximum atomic E-state index is 10.9. The first-order valence-corrected chi connectivity index (χ1v) is 5.75. The van der Waals surface area contributed by atoms with E-state index in [4.69, 9.17) is 0 Å². The lowest BCUT2D eigenvalue weighted by molar-refractivity contribution is -0.139. The fourth-order valence-electron chi connectivity index (χ4n) is 2.03. The van der Waals surface area contributed by atoms with Gasteiger partial charge in [0.05, 0.1) is 13.5 Å². The van der Waals surface area contributed by atoms with Gasteiger partial charge in [-0.25, -0.2) is 0 Å². The third-order valence-corrected chi connectivity index (χ3v) is 2.94. The summed E-state index contributed by atoms with van der Waals surface area (Å²) in [4.78, 5) is 13.4. The number of piperidine rings is 1. The molecular weight excluding hydrogens is 190 g/mol. The topological polar surface area (TPSA) is 29.5 Å². The van der Waals surface area contributed by atoms with Crippen molar-refractivity contribution in [2.75, 3.05) is 20.2 Å². The van der Waals surface area contributed by atoms with Crippen LogP contribution in [0.4, 0.5) is 0 Å². The number of likely N-dealkylation sites (N-methyl/N-ethyl adjacent to an activating group) is 1. The molecule has 15 heavy (non-hydrogen) atoms. The third-order valence-electron chi connectivity index (χ3n) is 2.94. The molecule has 1 atom stereocenters. The van der Waals surface area contributed by atoms with Crippen molar-refractivity contribution in [3.05, 3.63) is 12.2 Å². The fraction of sp³-hybridized carbons (Fsp3) is 0.750. The Balaban J connectivity index is 2.37. The Morgan fingerprint density at radius 2 is 2.33 bits per heavy atom. The minimum absolute atomic E-state index is 0.162. The molecule has 1 aliphatic heterocycles. The maximum absolute atomic E-state index is 10.9. The van der Waals surface area contributed by atoms with E-state index in [1.165, 1.54) is 32.9 Å². The molecular formula is C12H21NO2. The molecule has 0 N–H and O–H groups in total. The highest BCUT2D eigenvalue weighted by Crippen LogP contribution is 2.17. The van der Waals surface area contributed by atoms with E-state index < -0.39 is 0 Å². The predicted octanol–water partition coefficient (Wildman–Crippen LogP) is 1.98. The first kappa shape index (κ1) is 12.2. The molecule has 0 amide bonds. The molecule has 0 spiro atoms. The lowest BCUT2D eigenvalue weighted by atomic mass is 10.0. The summed E-state index contributed by atoms with van der Waals surface area (Å²) < 4.78 is 4.59. The molecule has 0 radical (unpaired) electrons. The van der Waals surface area contributed by atoms with Crippen molar-refractivity contribution >= 4 is 5.97 Å². The van der Waals surface area contributed by atoms with E-state index in [9.17, 15) is 4.79 Å². The Morgan fingerprint density at radius 3 is 3.00 bits per heavy atom.